The van der Waals surface area contributed by atoms with Crippen molar-refractivity contribution in [3.63, 3.8) is 0 Å². The second-order valence-corrected chi connectivity index (χ2v) is 8.53. The lowest BCUT2D eigenvalue weighted by molar-refractivity contribution is -0.154. The molecule has 0 aliphatic heterocycles. The van der Waals surface area contributed by atoms with E-state index in [-0.39, 0.29) is 23.5 Å². The molecule has 0 amide bonds. The molecule has 34 heavy (non-hydrogen) atoms. The van der Waals surface area contributed by atoms with Crippen LogP contribution in [0.4, 0.5) is 0 Å². The van der Waals surface area contributed by atoms with Gasteiger partial charge in [0.2, 0.25) is 5.60 Å². The van der Waals surface area contributed by atoms with Gasteiger partial charge in [-0.05, 0) is 63.9 Å². The summed E-state index contributed by atoms with van der Waals surface area (Å²) in [6.45, 7) is 5.08. The van der Waals surface area contributed by atoms with Crippen molar-refractivity contribution in [2.24, 2.45) is 5.73 Å². The molecule has 2 rings (SSSR count). The molecule has 1 atom stereocenters. The van der Waals surface area contributed by atoms with Crippen LogP contribution < -0.4 is 15.2 Å². The minimum absolute atomic E-state index is 0.105. The SMILES string of the molecule is CC(C)(O)C(=O)Oc1ccc(CC(N)C(=O)O)cc1OC(=O)C(C)(C)OC(=O)c1ccccc1. The smallest absolute Gasteiger partial charge is 0.355 e. The van der Waals surface area contributed by atoms with Crippen LogP contribution in [0.3, 0.4) is 0 Å². The van der Waals surface area contributed by atoms with Gasteiger partial charge in [0, 0.05) is 0 Å². The molecule has 2 aromatic rings. The highest BCUT2D eigenvalue weighted by atomic mass is 16.6. The Morgan fingerprint density at radius 2 is 1.50 bits per heavy atom. The molecule has 0 aliphatic rings. The van der Waals surface area contributed by atoms with Gasteiger partial charge < -0.3 is 30.2 Å². The van der Waals surface area contributed by atoms with Gasteiger partial charge in [0.1, 0.15) is 6.04 Å². The Morgan fingerprint density at radius 3 is 2.06 bits per heavy atom. The van der Waals surface area contributed by atoms with Gasteiger partial charge in [-0.3, -0.25) is 4.79 Å². The fourth-order valence-corrected chi connectivity index (χ4v) is 2.54. The molecule has 0 fully saturated rings. The second-order valence-electron chi connectivity index (χ2n) is 8.53. The number of ether oxygens (including phenoxy) is 3. The van der Waals surface area contributed by atoms with Gasteiger partial charge >= 0.3 is 23.9 Å². The maximum Gasteiger partial charge on any atom is 0.355 e. The molecule has 0 bridgehead atoms. The van der Waals surface area contributed by atoms with Crippen LogP contribution in [-0.2, 0) is 25.5 Å². The summed E-state index contributed by atoms with van der Waals surface area (Å²) >= 11 is 0. The number of hydrogen-bond donors (Lipinski definition) is 3. The number of benzene rings is 2. The molecule has 182 valence electrons. The highest BCUT2D eigenvalue weighted by Crippen LogP contribution is 2.31. The molecule has 10 heteroatoms. The number of carbonyl (C=O) groups is 4. The minimum Gasteiger partial charge on any atom is -0.480 e. The third kappa shape index (κ3) is 7.12. The third-order valence-electron chi connectivity index (χ3n) is 4.53. The monoisotopic (exact) mass is 473 g/mol. The predicted octanol–water partition coefficient (Wildman–Crippen LogP) is 1.86. The van der Waals surface area contributed by atoms with Gasteiger partial charge in [-0.25, -0.2) is 14.4 Å². The average molecular weight is 473 g/mol. The third-order valence-corrected chi connectivity index (χ3v) is 4.53. The van der Waals surface area contributed by atoms with E-state index in [1.54, 1.807) is 18.2 Å². The van der Waals surface area contributed by atoms with Crippen LogP contribution in [-0.4, -0.2) is 51.3 Å². The van der Waals surface area contributed by atoms with Crippen molar-refractivity contribution in [3.05, 3.63) is 59.7 Å². The Hall–Kier alpha value is -3.76. The lowest BCUT2D eigenvalue weighted by Crippen LogP contribution is -2.40. The molecule has 0 saturated heterocycles. The van der Waals surface area contributed by atoms with Crippen LogP contribution in [0.15, 0.2) is 48.5 Å². The normalized spacial score (nSPS) is 12.4. The maximum atomic E-state index is 12.9. The number of carboxylic acids is 1. The molecule has 0 heterocycles. The molecule has 0 aromatic heterocycles. The highest BCUT2D eigenvalue weighted by Gasteiger charge is 2.36. The number of carbonyl (C=O) groups excluding carboxylic acids is 3. The van der Waals surface area contributed by atoms with Crippen molar-refractivity contribution in [1.29, 1.82) is 0 Å². The number of aliphatic carboxylic acids is 1. The summed E-state index contributed by atoms with van der Waals surface area (Å²) in [4.78, 5) is 48.5. The summed E-state index contributed by atoms with van der Waals surface area (Å²) < 4.78 is 15.8. The largest absolute Gasteiger partial charge is 0.480 e. The fraction of sp³-hybridized carbons (Fsp3) is 0.333. The Morgan fingerprint density at radius 1 is 0.912 bits per heavy atom. The summed E-state index contributed by atoms with van der Waals surface area (Å²) in [6, 6.07) is 10.8. The molecular weight excluding hydrogens is 446 g/mol. The summed E-state index contributed by atoms with van der Waals surface area (Å²) in [5.41, 5.74) is 2.60. The number of nitrogens with two attached hydrogens (primary N) is 1. The van der Waals surface area contributed by atoms with E-state index < -0.39 is 41.1 Å². The van der Waals surface area contributed by atoms with E-state index in [1.165, 1.54) is 58.0 Å². The van der Waals surface area contributed by atoms with Gasteiger partial charge in [0.15, 0.2) is 17.1 Å². The number of esters is 3. The molecule has 0 radical (unpaired) electrons. The summed E-state index contributed by atoms with van der Waals surface area (Å²) in [5.74, 6) is -4.45. The lowest BCUT2D eigenvalue weighted by atomic mass is 10.1. The van der Waals surface area contributed by atoms with Crippen molar-refractivity contribution in [1.82, 2.24) is 0 Å². The highest BCUT2D eigenvalue weighted by molar-refractivity contribution is 5.93. The topological polar surface area (TPSA) is 162 Å². The van der Waals surface area contributed by atoms with Gasteiger partial charge in [-0.15, -0.1) is 0 Å². The number of rotatable bonds is 9. The molecular formula is C24H27NO9. The van der Waals surface area contributed by atoms with Gasteiger partial charge in [-0.2, -0.15) is 0 Å². The van der Waals surface area contributed by atoms with E-state index in [9.17, 15) is 24.3 Å². The maximum absolute atomic E-state index is 12.9. The van der Waals surface area contributed by atoms with E-state index >= 15 is 0 Å². The minimum atomic E-state index is -1.84. The first-order valence-corrected chi connectivity index (χ1v) is 10.3. The first kappa shape index (κ1) is 26.5. The van der Waals surface area contributed by atoms with Crippen LogP contribution in [0.2, 0.25) is 0 Å². The summed E-state index contributed by atoms with van der Waals surface area (Å²) in [6.07, 6.45) is -0.105. The first-order chi connectivity index (χ1) is 15.7. The van der Waals surface area contributed by atoms with Crippen molar-refractivity contribution < 1.29 is 43.6 Å². The van der Waals surface area contributed by atoms with Gasteiger partial charge in [0.05, 0.1) is 5.56 Å². The molecule has 0 spiro atoms. The summed E-state index contributed by atoms with van der Waals surface area (Å²) in [5, 5.41) is 18.9. The number of carboxylic acid groups (broad SMARTS) is 1. The Balaban J connectivity index is 2.31. The second kappa shape index (κ2) is 10.4. The van der Waals surface area contributed by atoms with E-state index in [2.05, 4.69) is 0 Å². The number of aliphatic hydroxyl groups is 1. The van der Waals surface area contributed by atoms with E-state index in [4.69, 9.17) is 25.1 Å². The molecule has 4 N–H and O–H groups in total. The zero-order valence-corrected chi connectivity index (χ0v) is 19.2. The Kier molecular flexibility index (Phi) is 8.14. The van der Waals surface area contributed by atoms with Crippen LogP contribution in [0.5, 0.6) is 11.5 Å². The zero-order chi connectivity index (χ0) is 25.7. The average Bonchev–Trinajstić information content (AvgIpc) is 2.74. The Labute approximate surface area is 196 Å². The van der Waals surface area contributed by atoms with Gasteiger partial charge in [0.25, 0.3) is 0 Å². The lowest BCUT2D eigenvalue weighted by Gasteiger charge is -2.24. The van der Waals surface area contributed by atoms with Crippen LogP contribution in [0.1, 0.15) is 43.6 Å². The summed E-state index contributed by atoms with van der Waals surface area (Å²) in [7, 11) is 0. The standard InChI is InChI=1S/C24H27NO9/c1-23(2,31)21(29)32-17-11-10-14(12-16(25)19(26)27)13-18(17)33-22(30)24(3,4)34-20(28)15-8-6-5-7-9-15/h5-11,13,16,31H,12,25H2,1-4H3,(H,26,27). The van der Waals surface area contributed by atoms with Crippen LogP contribution >= 0.6 is 0 Å². The van der Waals surface area contributed by atoms with Crippen molar-refractivity contribution in [2.75, 3.05) is 0 Å². The number of hydrogen-bond acceptors (Lipinski definition) is 9. The predicted molar refractivity (Wildman–Crippen MR) is 119 cm³/mol. The molecule has 2 aromatic carbocycles. The van der Waals surface area contributed by atoms with Crippen molar-refractivity contribution in [2.45, 2.75) is 51.4 Å². The van der Waals surface area contributed by atoms with E-state index in [1.807, 2.05) is 0 Å². The van der Waals surface area contributed by atoms with Crippen LogP contribution in [0, 0.1) is 0 Å². The fourth-order valence-electron chi connectivity index (χ4n) is 2.54. The van der Waals surface area contributed by atoms with Crippen LogP contribution in [0.25, 0.3) is 0 Å². The molecule has 0 saturated carbocycles. The molecule has 10 nitrogen and oxygen atoms in total. The Bertz CT molecular complexity index is 1070. The molecule has 1 unspecified atom stereocenters. The molecule has 0 aliphatic carbocycles. The van der Waals surface area contributed by atoms with Crippen molar-refractivity contribution in [3.8, 4) is 11.5 Å². The van der Waals surface area contributed by atoms with E-state index in [0.717, 1.165) is 0 Å². The van der Waals surface area contributed by atoms with E-state index in [0.29, 0.717) is 5.56 Å². The zero-order valence-electron chi connectivity index (χ0n) is 19.2. The quantitative estimate of drug-likeness (QED) is 0.362. The first-order valence-electron chi connectivity index (χ1n) is 10.3. The van der Waals surface area contributed by atoms with Crippen molar-refractivity contribution >= 4 is 23.9 Å². The van der Waals surface area contributed by atoms with Gasteiger partial charge in [-0.1, -0.05) is 24.3 Å².